The molecule has 1 aliphatic heterocycles. The number of aromatic nitrogens is 2. The molecule has 2 heterocycles. The molecule has 1 aromatic heterocycles. The molecule has 3 rings (SSSR count). The number of nitrogens with zero attached hydrogens (tertiary/aromatic N) is 3. The van der Waals surface area contributed by atoms with Gasteiger partial charge in [0.15, 0.2) is 5.82 Å². The summed E-state index contributed by atoms with van der Waals surface area (Å²) >= 11 is 0. The third-order valence-corrected chi connectivity index (χ3v) is 4.05. The summed E-state index contributed by atoms with van der Waals surface area (Å²) in [5.41, 5.74) is -0.279. The molecule has 0 spiro atoms. The van der Waals surface area contributed by atoms with E-state index in [-0.39, 0.29) is 11.9 Å². The van der Waals surface area contributed by atoms with E-state index in [1.807, 2.05) is 4.90 Å². The molecule has 0 radical (unpaired) electrons. The number of para-hydroxylation sites is 1. The minimum absolute atomic E-state index is 0.119. The zero-order valence-electron chi connectivity index (χ0n) is 13.3. The summed E-state index contributed by atoms with van der Waals surface area (Å²) in [5, 5.41) is 7.99. The molecule has 4 nitrogen and oxygen atoms in total. The molecule has 0 unspecified atom stereocenters. The molecule has 0 saturated carbocycles. The van der Waals surface area contributed by atoms with Crippen LogP contribution in [-0.2, 0) is 6.18 Å². The second-order valence-corrected chi connectivity index (χ2v) is 5.72. The van der Waals surface area contributed by atoms with Crippen molar-refractivity contribution in [2.75, 3.05) is 18.0 Å². The minimum atomic E-state index is -4.42. The fraction of sp³-hybridized carbons (Fsp3) is 0.333. The molecule has 1 aliphatic rings. The van der Waals surface area contributed by atoms with Crippen molar-refractivity contribution < 1.29 is 17.9 Å². The third-order valence-electron chi connectivity index (χ3n) is 4.05. The van der Waals surface area contributed by atoms with Gasteiger partial charge in [0.2, 0.25) is 0 Å². The molecule has 1 aromatic carbocycles. The van der Waals surface area contributed by atoms with Gasteiger partial charge in [-0.15, -0.1) is 16.6 Å². The molecule has 25 heavy (non-hydrogen) atoms. The fourth-order valence-electron chi connectivity index (χ4n) is 2.76. The topological polar surface area (TPSA) is 38.2 Å². The lowest BCUT2D eigenvalue weighted by atomic mass is 10.1. The Bertz CT molecular complexity index is 760. The van der Waals surface area contributed by atoms with Crippen molar-refractivity contribution in [2.45, 2.75) is 25.1 Å². The van der Waals surface area contributed by atoms with Gasteiger partial charge in [-0.1, -0.05) is 12.1 Å². The maximum atomic E-state index is 13.0. The fourth-order valence-corrected chi connectivity index (χ4v) is 2.76. The van der Waals surface area contributed by atoms with Gasteiger partial charge in [0.05, 0.1) is 5.56 Å². The first-order chi connectivity index (χ1) is 12.0. The van der Waals surface area contributed by atoms with E-state index >= 15 is 0 Å². The van der Waals surface area contributed by atoms with E-state index in [1.54, 1.807) is 18.2 Å². The first kappa shape index (κ1) is 17.1. The van der Waals surface area contributed by atoms with Gasteiger partial charge in [0.1, 0.15) is 17.5 Å². The highest BCUT2D eigenvalue weighted by atomic mass is 19.4. The molecule has 0 aliphatic carbocycles. The van der Waals surface area contributed by atoms with Crippen LogP contribution < -0.4 is 9.64 Å². The highest BCUT2D eigenvalue weighted by molar-refractivity contribution is 5.40. The smallest absolute Gasteiger partial charge is 0.419 e. The Hall–Kier alpha value is -2.75. The summed E-state index contributed by atoms with van der Waals surface area (Å²) in [6, 6.07) is 8.80. The predicted molar refractivity (Wildman–Crippen MR) is 87.3 cm³/mol. The average molecular weight is 347 g/mol. The van der Waals surface area contributed by atoms with Crippen molar-refractivity contribution in [3.05, 3.63) is 47.7 Å². The number of terminal acetylenes is 1. The molecule has 130 valence electrons. The SMILES string of the molecule is C#Cc1ccc(N2CCC(Oc3ccccc3C(F)(F)F)CC2)nn1. The molecule has 0 atom stereocenters. The van der Waals surface area contributed by atoms with Crippen LogP contribution in [0.15, 0.2) is 36.4 Å². The molecule has 1 saturated heterocycles. The highest BCUT2D eigenvalue weighted by Gasteiger charge is 2.35. The number of alkyl halides is 3. The van der Waals surface area contributed by atoms with Gasteiger partial charge in [-0.05, 0) is 30.2 Å². The van der Waals surface area contributed by atoms with E-state index in [1.165, 1.54) is 12.1 Å². The molecule has 7 heteroatoms. The Morgan fingerprint density at radius 3 is 2.40 bits per heavy atom. The van der Waals surface area contributed by atoms with E-state index in [4.69, 9.17) is 11.2 Å². The average Bonchev–Trinajstić information content (AvgIpc) is 2.62. The van der Waals surface area contributed by atoms with Crippen LogP contribution in [0.25, 0.3) is 0 Å². The number of hydrogen-bond acceptors (Lipinski definition) is 4. The molecular weight excluding hydrogens is 331 g/mol. The predicted octanol–water partition coefficient (Wildman–Crippen LogP) is 3.52. The number of rotatable bonds is 3. The number of ether oxygens (including phenoxy) is 1. The summed E-state index contributed by atoms with van der Waals surface area (Å²) in [6.07, 6.45) is 1.76. The molecule has 2 aromatic rings. The van der Waals surface area contributed by atoms with Crippen LogP contribution in [0.3, 0.4) is 0 Å². The zero-order chi connectivity index (χ0) is 17.9. The van der Waals surface area contributed by atoms with Crippen molar-refractivity contribution >= 4 is 5.82 Å². The van der Waals surface area contributed by atoms with Crippen LogP contribution in [0, 0.1) is 12.3 Å². The Morgan fingerprint density at radius 1 is 1.08 bits per heavy atom. The Kier molecular flexibility index (Phi) is 4.79. The van der Waals surface area contributed by atoms with Crippen LogP contribution in [-0.4, -0.2) is 29.4 Å². The molecule has 0 amide bonds. The lowest BCUT2D eigenvalue weighted by Crippen LogP contribution is -2.39. The van der Waals surface area contributed by atoms with E-state index < -0.39 is 11.7 Å². The Balaban J connectivity index is 1.63. The number of hydrogen-bond donors (Lipinski definition) is 0. The molecule has 0 bridgehead atoms. The largest absolute Gasteiger partial charge is 0.490 e. The lowest BCUT2D eigenvalue weighted by Gasteiger charge is -2.33. The van der Waals surface area contributed by atoms with Crippen molar-refractivity contribution in [2.24, 2.45) is 0 Å². The summed E-state index contributed by atoms with van der Waals surface area (Å²) in [4.78, 5) is 2.02. The number of benzene rings is 1. The van der Waals surface area contributed by atoms with E-state index in [0.717, 1.165) is 6.07 Å². The van der Waals surface area contributed by atoms with Gasteiger partial charge >= 0.3 is 6.18 Å². The lowest BCUT2D eigenvalue weighted by molar-refractivity contribution is -0.139. The maximum absolute atomic E-state index is 13.0. The van der Waals surface area contributed by atoms with Crippen LogP contribution >= 0.6 is 0 Å². The van der Waals surface area contributed by atoms with Gasteiger partial charge in [0, 0.05) is 25.9 Å². The van der Waals surface area contributed by atoms with Crippen molar-refractivity contribution in [3.63, 3.8) is 0 Å². The van der Waals surface area contributed by atoms with Crippen molar-refractivity contribution in [1.82, 2.24) is 10.2 Å². The van der Waals surface area contributed by atoms with Gasteiger partial charge in [-0.25, -0.2) is 0 Å². The molecule has 0 N–H and O–H groups in total. The first-order valence-electron chi connectivity index (χ1n) is 7.85. The van der Waals surface area contributed by atoms with E-state index in [0.29, 0.717) is 37.4 Å². The number of anilines is 1. The quantitative estimate of drug-likeness (QED) is 0.797. The highest BCUT2D eigenvalue weighted by Crippen LogP contribution is 2.37. The monoisotopic (exact) mass is 347 g/mol. The summed E-state index contributed by atoms with van der Waals surface area (Å²) in [6.45, 7) is 1.26. The summed E-state index contributed by atoms with van der Waals surface area (Å²) in [7, 11) is 0. The normalized spacial score (nSPS) is 15.7. The van der Waals surface area contributed by atoms with E-state index in [2.05, 4.69) is 16.1 Å². The maximum Gasteiger partial charge on any atom is 0.419 e. The van der Waals surface area contributed by atoms with Gasteiger partial charge in [-0.3, -0.25) is 0 Å². The summed E-state index contributed by atoms with van der Waals surface area (Å²) < 4.78 is 44.7. The van der Waals surface area contributed by atoms with Crippen LogP contribution in [0.5, 0.6) is 5.75 Å². The number of piperidine rings is 1. The van der Waals surface area contributed by atoms with Crippen molar-refractivity contribution in [1.29, 1.82) is 0 Å². The Labute approximate surface area is 143 Å². The minimum Gasteiger partial charge on any atom is -0.490 e. The van der Waals surface area contributed by atoms with Crippen molar-refractivity contribution in [3.8, 4) is 18.1 Å². The third kappa shape index (κ3) is 4.02. The second-order valence-electron chi connectivity index (χ2n) is 5.72. The zero-order valence-corrected chi connectivity index (χ0v) is 13.3. The van der Waals surface area contributed by atoms with Crippen LogP contribution in [0.4, 0.5) is 19.0 Å². The van der Waals surface area contributed by atoms with Gasteiger partial charge < -0.3 is 9.64 Å². The Morgan fingerprint density at radius 2 is 1.80 bits per heavy atom. The molecule has 1 fully saturated rings. The van der Waals surface area contributed by atoms with E-state index in [9.17, 15) is 13.2 Å². The van der Waals surface area contributed by atoms with Crippen LogP contribution in [0.2, 0.25) is 0 Å². The first-order valence-corrected chi connectivity index (χ1v) is 7.85. The summed E-state index contributed by atoms with van der Waals surface area (Å²) in [5.74, 6) is 2.99. The molecular formula is C18H16F3N3O. The van der Waals surface area contributed by atoms with Gasteiger partial charge in [0.25, 0.3) is 0 Å². The van der Waals surface area contributed by atoms with Gasteiger partial charge in [-0.2, -0.15) is 13.2 Å². The van der Waals surface area contributed by atoms with Crippen LogP contribution in [0.1, 0.15) is 24.1 Å². The number of halogens is 3. The standard InChI is InChI=1S/C18H16F3N3O/c1-2-13-7-8-17(23-22-13)24-11-9-14(10-12-24)25-16-6-4-3-5-15(16)18(19,20)21/h1,3-8,14H,9-12H2. The second kappa shape index (κ2) is 7.01.